The fourth-order valence-corrected chi connectivity index (χ4v) is 3.05. The van der Waals surface area contributed by atoms with Crippen LogP contribution in [-0.2, 0) is 10.2 Å². The molecule has 1 aromatic carbocycles. The van der Waals surface area contributed by atoms with E-state index in [-0.39, 0.29) is 0 Å². The third-order valence-electron chi connectivity index (χ3n) is 4.12. The lowest BCUT2D eigenvalue weighted by molar-refractivity contribution is -0.145. The molecular formula is C15H16O3. The van der Waals surface area contributed by atoms with E-state index in [1.165, 1.54) is 0 Å². The van der Waals surface area contributed by atoms with Crippen molar-refractivity contribution in [1.29, 1.82) is 0 Å². The summed E-state index contributed by atoms with van der Waals surface area (Å²) in [6.07, 6.45) is 6.26. The van der Waals surface area contributed by atoms with E-state index >= 15 is 0 Å². The maximum atomic E-state index is 11.7. The predicted octanol–water partition coefficient (Wildman–Crippen LogP) is 3.72. The van der Waals surface area contributed by atoms with Crippen molar-refractivity contribution >= 4 is 16.9 Å². The minimum absolute atomic E-state index is 0.690. The van der Waals surface area contributed by atoms with Crippen molar-refractivity contribution in [3.05, 3.63) is 36.1 Å². The quantitative estimate of drug-likeness (QED) is 0.875. The van der Waals surface area contributed by atoms with Gasteiger partial charge in [-0.25, -0.2) is 0 Å². The summed E-state index contributed by atoms with van der Waals surface area (Å²) in [5.74, 6) is -0.690. The normalized spacial score (nSPS) is 18.9. The number of fused-ring (bicyclic) bond motifs is 1. The van der Waals surface area contributed by atoms with Crippen molar-refractivity contribution in [1.82, 2.24) is 0 Å². The summed E-state index contributed by atoms with van der Waals surface area (Å²) in [7, 11) is 0. The molecule has 1 N–H and O–H groups in total. The molecule has 1 heterocycles. The molecule has 1 aliphatic rings. The van der Waals surface area contributed by atoms with Crippen LogP contribution in [0, 0.1) is 0 Å². The number of benzene rings is 1. The molecule has 1 aromatic heterocycles. The van der Waals surface area contributed by atoms with E-state index in [1.54, 1.807) is 6.26 Å². The van der Waals surface area contributed by atoms with Crippen molar-refractivity contribution < 1.29 is 14.3 Å². The van der Waals surface area contributed by atoms with Gasteiger partial charge in [0.1, 0.15) is 5.58 Å². The van der Waals surface area contributed by atoms with Crippen LogP contribution in [0.1, 0.15) is 37.7 Å². The Hall–Kier alpha value is -1.77. The highest BCUT2D eigenvalue weighted by Crippen LogP contribution is 2.40. The lowest BCUT2D eigenvalue weighted by Gasteiger charge is -2.33. The number of aliphatic carboxylic acids is 1. The summed E-state index contributed by atoms with van der Waals surface area (Å²) in [4.78, 5) is 11.7. The second-order valence-electron chi connectivity index (χ2n) is 5.12. The highest BCUT2D eigenvalue weighted by atomic mass is 16.4. The zero-order valence-electron chi connectivity index (χ0n) is 10.2. The van der Waals surface area contributed by atoms with Gasteiger partial charge in [-0.3, -0.25) is 4.79 Å². The average Bonchev–Trinajstić information content (AvgIpc) is 2.86. The van der Waals surface area contributed by atoms with Crippen molar-refractivity contribution in [2.45, 2.75) is 37.5 Å². The molecule has 3 heteroatoms. The molecule has 3 rings (SSSR count). The highest BCUT2D eigenvalue weighted by Gasteiger charge is 2.41. The number of carbonyl (C=O) groups is 1. The van der Waals surface area contributed by atoms with E-state index in [0.29, 0.717) is 0 Å². The van der Waals surface area contributed by atoms with Crippen LogP contribution in [-0.4, -0.2) is 11.1 Å². The van der Waals surface area contributed by atoms with Crippen LogP contribution in [0.2, 0.25) is 0 Å². The molecule has 0 atom stereocenters. The molecule has 0 bridgehead atoms. The molecule has 0 aliphatic heterocycles. The van der Waals surface area contributed by atoms with E-state index in [0.717, 1.165) is 48.6 Å². The van der Waals surface area contributed by atoms with Crippen LogP contribution in [0.25, 0.3) is 11.0 Å². The van der Waals surface area contributed by atoms with Gasteiger partial charge < -0.3 is 9.52 Å². The van der Waals surface area contributed by atoms with Gasteiger partial charge in [0.15, 0.2) is 0 Å². The molecule has 0 spiro atoms. The standard InChI is InChI=1S/C15H16O3/c16-14(17)15(7-2-1-3-8-15)12-4-5-13-11(10-12)6-9-18-13/h4-6,9-10H,1-3,7-8H2,(H,16,17). The van der Waals surface area contributed by atoms with Crippen molar-refractivity contribution in [3.8, 4) is 0 Å². The Bertz CT molecular complexity index is 576. The Balaban J connectivity index is 2.11. The fraction of sp³-hybridized carbons (Fsp3) is 0.400. The molecule has 94 valence electrons. The van der Waals surface area contributed by atoms with Gasteiger partial charge in [-0.05, 0) is 36.6 Å². The van der Waals surface area contributed by atoms with Crippen LogP contribution in [0.3, 0.4) is 0 Å². The summed E-state index contributed by atoms with van der Waals surface area (Å²) in [6, 6.07) is 7.64. The second-order valence-corrected chi connectivity index (χ2v) is 5.12. The molecule has 18 heavy (non-hydrogen) atoms. The molecule has 3 nitrogen and oxygen atoms in total. The number of rotatable bonds is 2. The summed E-state index contributed by atoms with van der Waals surface area (Å²) >= 11 is 0. The largest absolute Gasteiger partial charge is 0.481 e. The number of carboxylic acids is 1. The Morgan fingerprint density at radius 2 is 1.94 bits per heavy atom. The summed E-state index contributed by atoms with van der Waals surface area (Å²) in [5.41, 5.74) is 1.04. The van der Waals surface area contributed by atoms with Gasteiger partial charge in [-0.2, -0.15) is 0 Å². The summed E-state index contributed by atoms with van der Waals surface area (Å²) < 4.78 is 5.31. The Morgan fingerprint density at radius 1 is 1.17 bits per heavy atom. The minimum atomic E-state index is -0.691. The fourth-order valence-electron chi connectivity index (χ4n) is 3.05. The smallest absolute Gasteiger partial charge is 0.314 e. The van der Waals surface area contributed by atoms with Gasteiger partial charge in [0.2, 0.25) is 0 Å². The SMILES string of the molecule is O=C(O)C1(c2ccc3occc3c2)CCCCC1. The maximum Gasteiger partial charge on any atom is 0.314 e. The number of hydrogen-bond acceptors (Lipinski definition) is 2. The zero-order valence-corrected chi connectivity index (χ0v) is 10.2. The molecule has 1 saturated carbocycles. The zero-order chi connectivity index (χ0) is 12.6. The third kappa shape index (κ3) is 1.62. The summed E-state index contributed by atoms with van der Waals surface area (Å²) in [6.45, 7) is 0. The van der Waals surface area contributed by atoms with Crippen LogP contribution in [0.4, 0.5) is 0 Å². The Labute approximate surface area is 105 Å². The molecule has 2 aromatic rings. The highest BCUT2D eigenvalue weighted by molar-refractivity contribution is 5.85. The topological polar surface area (TPSA) is 50.4 Å². The number of hydrogen-bond donors (Lipinski definition) is 1. The maximum absolute atomic E-state index is 11.7. The molecule has 0 unspecified atom stereocenters. The second kappa shape index (κ2) is 4.16. The molecule has 0 radical (unpaired) electrons. The van der Waals surface area contributed by atoms with Gasteiger partial charge in [0, 0.05) is 5.39 Å². The van der Waals surface area contributed by atoms with E-state index in [1.807, 2.05) is 24.3 Å². The molecule has 0 saturated heterocycles. The third-order valence-corrected chi connectivity index (χ3v) is 4.12. The van der Waals surface area contributed by atoms with Gasteiger partial charge in [-0.1, -0.05) is 25.3 Å². The van der Waals surface area contributed by atoms with Gasteiger partial charge in [0.05, 0.1) is 11.7 Å². The van der Waals surface area contributed by atoms with E-state index in [9.17, 15) is 9.90 Å². The number of furan rings is 1. The van der Waals surface area contributed by atoms with Crippen LogP contribution in [0.5, 0.6) is 0 Å². The van der Waals surface area contributed by atoms with Gasteiger partial charge in [0.25, 0.3) is 0 Å². The first-order valence-electron chi connectivity index (χ1n) is 6.43. The van der Waals surface area contributed by atoms with E-state index in [2.05, 4.69) is 0 Å². The van der Waals surface area contributed by atoms with Gasteiger partial charge >= 0.3 is 5.97 Å². The molecule has 1 aliphatic carbocycles. The Morgan fingerprint density at radius 3 is 2.67 bits per heavy atom. The first kappa shape index (κ1) is 11.3. The molecular weight excluding hydrogens is 228 g/mol. The lowest BCUT2D eigenvalue weighted by atomic mass is 9.69. The predicted molar refractivity (Wildman–Crippen MR) is 68.6 cm³/mol. The van der Waals surface area contributed by atoms with E-state index < -0.39 is 11.4 Å². The van der Waals surface area contributed by atoms with Gasteiger partial charge in [-0.15, -0.1) is 0 Å². The first-order chi connectivity index (χ1) is 8.72. The summed E-state index contributed by atoms with van der Waals surface area (Å²) in [5, 5.41) is 10.6. The van der Waals surface area contributed by atoms with Crippen molar-refractivity contribution in [2.24, 2.45) is 0 Å². The van der Waals surface area contributed by atoms with Crippen molar-refractivity contribution in [2.75, 3.05) is 0 Å². The molecule has 1 fully saturated rings. The Kier molecular flexibility index (Phi) is 2.62. The average molecular weight is 244 g/mol. The molecule has 0 amide bonds. The van der Waals surface area contributed by atoms with Crippen LogP contribution < -0.4 is 0 Å². The van der Waals surface area contributed by atoms with Crippen LogP contribution in [0.15, 0.2) is 34.9 Å². The lowest BCUT2D eigenvalue weighted by Crippen LogP contribution is -2.37. The van der Waals surface area contributed by atoms with Crippen molar-refractivity contribution in [3.63, 3.8) is 0 Å². The first-order valence-corrected chi connectivity index (χ1v) is 6.43. The van der Waals surface area contributed by atoms with Crippen LogP contribution >= 0.6 is 0 Å². The minimum Gasteiger partial charge on any atom is -0.481 e. The van der Waals surface area contributed by atoms with E-state index in [4.69, 9.17) is 4.42 Å². The monoisotopic (exact) mass is 244 g/mol. The number of carboxylic acid groups (broad SMARTS) is 1.